The second-order valence-electron chi connectivity index (χ2n) is 4.73. The summed E-state index contributed by atoms with van der Waals surface area (Å²) in [5, 5.41) is 9.91. The number of para-hydroxylation sites is 1. The van der Waals surface area contributed by atoms with Gasteiger partial charge in [-0.15, -0.1) is 0 Å². The Bertz CT molecular complexity index is 804. The molecule has 0 aliphatic carbocycles. The van der Waals surface area contributed by atoms with Crippen LogP contribution < -0.4 is 0 Å². The monoisotopic (exact) mass is 278 g/mol. The molecule has 0 unspecified atom stereocenters. The first kappa shape index (κ1) is 13.1. The fourth-order valence-corrected chi connectivity index (χ4v) is 2.39. The molecule has 2 heterocycles. The van der Waals surface area contributed by atoms with E-state index < -0.39 is 5.97 Å². The number of aromatic nitrogens is 2. The van der Waals surface area contributed by atoms with Gasteiger partial charge in [0.15, 0.2) is 0 Å². The van der Waals surface area contributed by atoms with E-state index in [0.29, 0.717) is 6.42 Å². The lowest BCUT2D eigenvalue weighted by atomic mass is 10.0. The Labute approximate surface area is 121 Å². The third kappa shape index (κ3) is 2.84. The third-order valence-electron chi connectivity index (χ3n) is 3.32. The molecule has 0 aliphatic rings. The number of H-pyrrole nitrogens is 1. The number of hydrogen-bond acceptors (Lipinski definition) is 2. The lowest BCUT2D eigenvalue weighted by Crippen LogP contribution is -1.93. The van der Waals surface area contributed by atoms with E-state index in [0.717, 1.165) is 33.9 Å². The van der Waals surface area contributed by atoms with E-state index in [2.05, 4.69) is 9.97 Å². The molecule has 0 radical (unpaired) electrons. The van der Waals surface area contributed by atoms with E-state index in [1.54, 1.807) is 12.3 Å². The number of carboxylic acid groups (broad SMARTS) is 1. The van der Waals surface area contributed by atoms with Crippen molar-refractivity contribution >= 4 is 22.9 Å². The van der Waals surface area contributed by atoms with Crippen molar-refractivity contribution in [2.75, 3.05) is 0 Å². The molecule has 0 aliphatic heterocycles. The molecule has 2 aromatic heterocycles. The van der Waals surface area contributed by atoms with E-state index in [9.17, 15) is 4.79 Å². The van der Waals surface area contributed by atoms with Gasteiger partial charge in [-0.3, -0.25) is 4.98 Å². The van der Waals surface area contributed by atoms with Gasteiger partial charge in [0, 0.05) is 41.0 Å². The maximum atomic E-state index is 10.7. The Hall–Kier alpha value is -2.88. The number of hydrogen-bond donors (Lipinski definition) is 2. The van der Waals surface area contributed by atoms with Crippen LogP contribution in [0.5, 0.6) is 0 Å². The van der Waals surface area contributed by atoms with Crippen LogP contribution in [0.4, 0.5) is 0 Å². The molecule has 4 nitrogen and oxygen atoms in total. The van der Waals surface area contributed by atoms with E-state index in [1.807, 2.05) is 42.5 Å². The number of aliphatic carboxylic acids is 1. The van der Waals surface area contributed by atoms with Gasteiger partial charge in [-0.1, -0.05) is 24.3 Å². The summed E-state index contributed by atoms with van der Waals surface area (Å²) in [4.78, 5) is 18.3. The van der Waals surface area contributed by atoms with Gasteiger partial charge in [-0.25, -0.2) is 4.79 Å². The molecule has 0 spiro atoms. The molecule has 104 valence electrons. The molecule has 0 atom stereocenters. The maximum Gasteiger partial charge on any atom is 0.328 e. The standard InChI is InChI=1S/C17H14N2O2/c20-17(21)9-8-16-14(11-12-5-3-4-10-18-12)13-6-1-2-7-15(13)19-16/h1-10,19H,11H2,(H,20,21). The predicted molar refractivity (Wildman–Crippen MR) is 82.0 cm³/mol. The summed E-state index contributed by atoms with van der Waals surface area (Å²) in [7, 11) is 0. The van der Waals surface area contributed by atoms with Gasteiger partial charge in [-0.05, 0) is 29.8 Å². The molecule has 0 bridgehead atoms. The Balaban J connectivity index is 2.09. The second kappa shape index (κ2) is 5.63. The van der Waals surface area contributed by atoms with Crippen LogP contribution in [0.15, 0.2) is 54.7 Å². The summed E-state index contributed by atoms with van der Waals surface area (Å²) in [5.41, 5.74) is 3.81. The zero-order valence-electron chi connectivity index (χ0n) is 11.3. The van der Waals surface area contributed by atoms with Crippen molar-refractivity contribution in [2.45, 2.75) is 6.42 Å². The number of pyridine rings is 1. The molecule has 0 amide bonds. The third-order valence-corrected chi connectivity index (χ3v) is 3.32. The van der Waals surface area contributed by atoms with Crippen molar-refractivity contribution in [1.82, 2.24) is 9.97 Å². The normalized spacial score (nSPS) is 11.2. The van der Waals surface area contributed by atoms with E-state index >= 15 is 0 Å². The lowest BCUT2D eigenvalue weighted by Gasteiger charge is -2.01. The van der Waals surface area contributed by atoms with Crippen molar-refractivity contribution in [1.29, 1.82) is 0 Å². The number of benzene rings is 1. The van der Waals surface area contributed by atoms with Crippen LogP contribution in [0.2, 0.25) is 0 Å². The first-order valence-electron chi connectivity index (χ1n) is 6.64. The predicted octanol–water partition coefficient (Wildman–Crippen LogP) is 3.25. The molecule has 0 saturated heterocycles. The van der Waals surface area contributed by atoms with Crippen LogP contribution in [-0.4, -0.2) is 21.0 Å². The highest BCUT2D eigenvalue weighted by Gasteiger charge is 2.10. The van der Waals surface area contributed by atoms with E-state index in [4.69, 9.17) is 5.11 Å². The van der Waals surface area contributed by atoms with Crippen molar-refractivity contribution in [2.24, 2.45) is 0 Å². The largest absolute Gasteiger partial charge is 0.478 e. The zero-order chi connectivity index (χ0) is 14.7. The Kier molecular flexibility index (Phi) is 3.51. The fourth-order valence-electron chi connectivity index (χ4n) is 2.39. The van der Waals surface area contributed by atoms with Crippen LogP contribution in [-0.2, 0) is 11.2 Å². The Morgan fingerprint density at radius 3 is 2.76 bits per heavy atom. The van der Waals surface area contributed by atoms with Gasteiger partial charge in [0.1, 0.15) is 0 Å². The minimum Gasteiger partial charge on any atom is -0.478 e. The average molecular weight is 278 g/mol. The van der Waals surface area contributed by atoms with Gasteiger partial charge in [0.25, 0.3) is 0 Å². The van der Waals surface area contributed by atoms with Gasteiger partial charge < -0.3 is 10.1 Å². The molecule has 0 saturated carbocycles. The molecule has 1 aromatic carbocycles. The minimum atomic E-state index is -0.961. The van der Waals surface area contributed by atoms with Crippen molar-refractivity contribution in [3.8, 4) is 0 Å². The van der Waals surface area contributed by atoms with Crippen LogP contribution in [0.1, 0.15) is 17.0 Å². The van der Waals surface area contributed by atoms with Crippen molar-refractivity contribution < 1.29 is 9.90 Å². The van der Waals surface area contributed by atoms with Crippen LogP contribution in [0.3, 0.4) is 0 Å². The molecular weight excluding hydrogens is 264 g/mol. The summed E-state index contributed by atoms with van der Waals surface area (Å²) in [5.74, 6) is -0.961. The maximum absolute atomic E-state index is 10.7. The summed E-state index contributed by atoms with van der Waals surface area (Å²) in [6, 6.07) is 13.7. The SMILES string of the molecule is O=C(O)C=Cc1[nH]c2ccccc2c1Cc1ccccn1. The number of carbonyl (C=O) groups is 1. The van der Waals surface area contributed by atoms with E-state index in [1.165, 1.54) is 0 Å². The minimum absolute atomic E-state index is 0.657. The summed E-state index contributed by atoms with van der Waals surface area (Å²) in [6.07, 6.45) is 5.16. The summed E-state index contributed by atoms with van der Waals surface area (Å²) >= 11 is 0. The Morgan fingerprint density at radius 1 is 1.19 bits per heavy atom. The number of fused-ring (bicyclic) bond motifs is 1. The highest BCUT2D eigenvalue weighted by atomic mass is 16.4. The average Bonchev–Trinajstić information content (AvgIpc) is 2.84. The fraction of sp³-hybridized carbons (Fsp3) is 0.0588. The number of aromatic amines is 1. The number of carboxylic acids is 1. The van der Waals surface area contributed by atoms with Crippen LogP contribution >= 0.6 is 0 Å². The molecular formula is C17H14N2O2. The van der Waals surface area contributed by atoms with E-state index in [-0.39, 0.29) is 0 Å². The molecule has 3 rings (SSSR count). The summed E-state index contributed by atoms with van der Waals surface area (Å²) < 4.78 is 0. The molecule has 3 aromatic rings. The van der Waals surface area contributed by atoms with Gasteiger partial charge >= 0.3 is 5.97 Å². The molecule has 0 fully saturated rings. The topological polar surface area (TPSA) is 66.0 Å². The van der Waals surface area contributed by atoms with Crippen molar-refractivity contribution in [3.05, 3.63) is 71.7 Å². The smallest absolute Gasteiger partial charge is 0.328 e. The van der Waals surface area contributed by atoms with Gasteiger partial charge in [0.05, 0.1) is 0 Å². The second-order valence-corrected chi connectivity index (χ2v) is 4.73. The lowest BCUT2D eigenvalue weighted by molar-refractivity contribution is -0.131. The Morgan fingerprint density at radius 2 is 2.00 bits per heavy atom. The first-order chi connectivity index (χ1) is 10.2. The number of nitrogens with one attached hydrogen (secondary N) is 1. The zero-order valence-corrected chi connectivity index (χ0v) is 11.3. The van der Waals surface area contributed by atoms with Gasteiger partial charge in [0.2, 0.25) is 0 Å². The highest BCUT2D eigenvalue weighted by Crippen LogP contribution is 2.25. The van der Waals surface area contributed by atoms with Crippen LogP contribution in [0.25, 0.3) is 17.0 Å². The van der Waals surface area contributed by atoms with Crippen molar-refractivity contribution in [3.63, 3.8) is 0 Å². The first-order valence-corrected chi connectivity index (χ1v) is 6.64. The molecule has 4 heteroatoms. The quantitative estimate of drug-likeness (QED) is 0.720. The molecule has 2 N–H and O–H groups in total. The highest BCUT2D eigenvalue weighted by molar-refractivity contribution is 5.90. The molecule has 21 heavy (non-hydrogen) atoms. The summed E-state index contributed by atoms with van der Waals surface area (Å²) in [6.45, 7) is 0. The van der Waals surface area contributed by atoms with Crippen LogP contribution in [0, 0.1) is 0 Å². The van der Waals surface area contributed by atoms with Gasteiger partial charge in [-0.2, -0.15) is 0 Å². The number of nitrogens with zero attached hydrogens (tertiary/aromatic N) is 1. The number of rotatable bonds is 4.